The van der Waals surface area contributed by atoms with E-state index in [9.17, 15) is 24.3 Å². The molecule has 3 aliphatic carbocycles. The number of halogens is 1. The molecule has 8 rings (SSSR count). The predicted molar refractivity (Wildman–Crippen MR) is 240 cm³/mol. The predicted octanol–water partition coefficient (Wildman–Crippen LogP) is 7.74. The number of benzene rings is 1. The van der Waals surface area contributed by atoms with E-state index in [1.165, 1.54) is 17.8 Å². The van der Waals surface area contributed by atoms with Crippen molar-refractivity contribution in [3.05, 3.63) is 28.6 Å². The van der Waals surface area contributed by atoms with Crippen LogP contribution in [0.1, 0.15) is 92.9 Å². The number of likely N-dealkylation sites (N-methyl/N-ethyl adjacent to an activating group) is 1. The minimum absolute atomic E-state index is 0.0460. The Morgan fingerprint density at radius 2 is 1.83 bits per heavy atom. The van der Waals surface area contributed by atoms with Gasteiger partial charge in [-0.05, 0) is 81.9 Å². The summed E-state index contributed by atoms with van der Waals surface area (Å²) in [6, 6.07) is 4.70. The highest BCUT2D eigenvalue weighted by molar-refractivity contribution is 7.14. The van der Waals surface area contributed by atoms with Gasteiger partial charge in [0.15, 0.2) is 10.9 Å². The van der Waals surface area contributed by atoms with Crippen molar-refractivity contribution in [2.45, 2.75) is 123 Å². The molecule has 2 aromatic heterocycles. The van der Waals surface area contributed by atoms with Crippen LogP contribution in [0, 0.1) is 34.5 Å². The van der Waals surface area contributed by atoms with Crippen LogP contribution in [0.3, 0.4) is 0 Å². The number of amides is 1. The zero-order valence-corrected chi connectivity index (χ0v) is 39.1. The number of fused-ring (bicyclic) bond motifs is 2. The number of Topliss-reactive ketones (excluding diaryl/α,β-unsaturated/α-hetero) is 1. The number of rotatable bonds is 17. The standard InChI is InChI=1S/C47H62ClN5O9S/c1-8-28-19-47(28,44(57)58)20-37(54)36-16-31(21-53(36)43(56)33(46(4,5)6)17-40(55)62-30-14-26-13-27(26)15-30)61-39-18-34(35-24-63-45(51-35)49-25(2)3)50-42-32(39)9-10-38(41(42)48)60-23-29-22-59-12-11-52(29)7/h9-10,18,24-31,33,36H,8,11-17,19-23H2,1-7H3,(H,49,51)(H,57,58)/t26-,27+,28-,29+,30?,31-,33-,36+,47-/m1/s1. The number of aliphatic carboxylic acids is 1. The quantitative estimate of drug-likeness (QED) is 0.126. The fourth-order valence-corrected chi connectivity index (χ4v) is 11.1. The molecule has 1 unspecified atom stereocenters. The highest BCUT2D eigenvalue weighted by Gasteiger charge is 2.61. The normalized spacial score (nSPS) is 28.5. The van der Waals surface area contributed by atoms with Gasteiger partial charge in [0.25, 0.3) is 0 Å². The van der Waals surface area contributed by atoms with Crippen molar-refractivity contribution in [1.29, 1.82) is 0 Å². The van der Waals surface area contributed by atoms with Crippen molar-refractivity contribution in [1.82, 2.24) is 19.8 Å². The molecule has 0 radical (unpaired) electrons. The molecule has 14 nitrogen and oxygen atoms in total. The summed E-state index contributed by atoms with van der Waals surface area (Å²) in [5, 5.41) is 17.2. The Hall–Kier alpha value is -4.05. The number of morpholine rings is 1. The molecule has 2 aliphatic heterocycles. The van der Waals surface area contributed by atoms with Gasteiger partial charge in [-0.15, -0.1) is 11.3 Å². The van der Waals surface area contributed by atoms with Crippen LogP contribution in [0.2, 0.25) is 5.02 Å². The number of ether oxygens (including phenoxy) is 4. The molecule has 342 valence electrons. The van der Waals surface area contributed by atoms with Crippen molar-refractivity contribution in [2.24, 2.45) is 34.5 Å². The molecule has 5 aliphatic rings. The van der Waals surface area contributed by atoms with Crippen LogP contribution in [0.4, 0.5) is 5.13 Å². The Morgan fingerprint density at radius 3 is 2.49 bits per heavy atom. The summed E-state index contributed by atoms with van der Waals surface area (Å²) >= 11 is 8.60. The Balaban J connectivity index is 1.10. The molecule has 16 heteroatoms. The maximum absolute atomic E-state index is 14.9. The van der Waals surface area contributed by atoms with Gasteiger partial charge < -0.3 is 34.3 Å². The van der Waals surface area contributed by atoms with Crippen LogP contribution >= 0.6 is 22.9 Å². The van der Waals surface area contributed by atoms with E-state index in [-0.39, 0.29) is 61.6 Å². The Labute approximate surface area is 378 Å². The third kappa shape index (κ3) is 9.82. The van der Waals surface area contributed by atoms with E-state index < -0.39 is 40.8 Å². The molecular formula is C47H62ClN5O9S. The van der Waals surface area contributed by atoms with Crippen LogP contribution < -0.4 is 14.8 Å². The van der Waals surface area contributed by atoms with Gasteiger partial charge in [0.05, 0.1) is 60.8 Å². The second kappa shape index (κ2) is 18.1. The first kappa shape index (κ1) is 45.5. The number of thiazole rings is 1. The van der Waals surface area contributed by atoms with E-state index in [1.807, 2.05) is 60.0 Å². The number of carbonyl (C=O) groups is 4. The number of pyridine rings is 1. The van der Waals surface area contributed by atoms with Crippen molar-refractivity contribution < 1.29 is 43.2 Å². The number of ketones is 1. The first-order valence-electron chi connectivity index (χ1n) is 22.6. The lowest BCUT2D eigenvalue weighted by Gasteiger charge is -2.35. The molecular weight excluding hydrogens is 846 g/mol. The van der Waals surface area contributed by atoms with E-state index in [4.69, 9.17) is 40.5 Å². The van der Waals surface area contributed by atoms with Crippen LogP contribution in [0.25, 0.3) is 22.3 Å². The molecule has 3 saturated carbocycles. The number of nitrogens with zero attached hydrogens (tertiary/aromatic N) is 4. The Kier molecular flexibility index (Phi) is 13.1. The topological polar surface area (TPSA) is 170 Å². The van der Waals surface area contributed by atoms with E-state index >= 15 is 0 Å². The number of carbonyl (C=O) groups excluding carboxylic acids is 3. The lowest BCUT2D eigenvalue weighted by atomic mass is 9.77. The number of anilines is 1. The summed E-state index contributed by atoms with van der Waals surface area (Å²) in [6.07, 6.45) is 3.01. The van der Waals surface area contributed by atoms with Gasteiger partial charge in [-0.3, -0.25) is 24.1 Å². The number of hydrogen-bond acceptors (Lipinski definition) is 13. The number of nitrogens with one attached hydrogen (secondary N) is 1. The summed E-state index contributed by atoms with van der Waals surface area (Å²) in [5.41, 5.74) is -0.253. The maximum atomic E-state index is 14.9. The average molecular weight is 909 g/mol. The lowest BCUT2D eigenvalue weighted by molar-refractivity contribution is -0.157. The van der Waals surface area contributed by atoms with Crippen molar-refractivity contribution in [2.75, 3.05) is 45.3 Å². The Morgan fingerprint density at radius 1 is 1.06 bits per heavy atom. The SMILES string of the molecule is CC[C@@H]1C[C@]1(CC(=O)[C@@H]1C[C@@H](Oc2cc(-c3csc(NC(C)C)n3)nc3c(Cl)c(OC[C@@H]4COCCN4C)ccc23)CN1C(=O)[C@@H](CC(=O)OC1C[C@@H]2C[C@@H]2C1)C(C)(C)C)C(=O)O. The molecule has 1 amide bonds. The van der Waals surface area contributed by atoms with Gasteiger partial charge in [0, 0.05) is 42.3 Å². The summed E-state index contributed by atoms with van der Waals surface area (Å²) < 4.78 is 24.8. The number of hydrogen-bond donors (Lipinski definition) is 2. The smallest absolute Gasteiger partial charge is 0.310 e. The molecule has 0 spiro atoms. The lowest BCUT2D eigenvalue weighted by Crippen LogP contribution is -2.48. The molecule has 2 N–H and O–H groups in total. The van der Waals surface area contributed by atoms with E-state index in [1.54, 1.807) is 17.0 Å². The van der Waals surface area contributed by atoms with Crippen molar-refractivity contribution in [3.8, 4) is 22.9 Å². The van der Waals surface area contributed by atoms with Gasteiger partial charge in [-0.1, -0.05) is 45.7 Å². The molecule has 1 aromatic carbocycles. The number of esters is 1. The molecule has 4 heterocycles. The third-order valence-corrected chi connectivity index (χ3v) is 15.2. The average Bonchev–Trinajstić information content (AvgIpc) is 3.90. The maximum Gasteiger partial charge on any atom is 0.310 e. The van der Waals surface area contributed by atoms with Crippen LogP contribution in [0.15, 0.2) is 23.6 Å². The van der Waals surface area contributed by atoms with E-state index in [2.05, 4.69) is 10.2 Å². The van der Waals surface area contributed by atoms with Crippen molar-refractivity contribution >= 4 is 62.6 Å². The van der Waals surface area contributed by atoms with Crippen LogP contribution in [-0.2, 0) is 28.7 Å². The fourth-order valence-electron chi connectivity index (χ4n) is 9.98. The van der Waals surface area contributed by atoms with Gasteiger partial charge >= 0.3 is 11.9 Å². The number of likely N-dealkylation sites (tertiary alicyclic amines) is 1. The molecule has 0 bridgehead atoms. The highest BCUT2D eigenvalue weighted by atomic mass is 35.5. The molecule has 2 saturated heterocycles. The monoisotopic (exact) mass is 907 g/mol. The zero-order chi connectivity index (χ0) is 45.0. The van der Waals surface area contributed by atoms with Gasteiger partial charge in [0.2, 0.25) is 5.91 Å². The fraction of sp³-hybridized carbons (Fsp3) is 0.660. The summed E-state index contributed by atoms with van der Waals surface area (Å²) in [7, 11) is 2.04. The minimum atomic E-state index is -1.16. The number of carboxylic acids is 1. The molecule has 3 aromatic rings. The first-order valence-corrected chi connectivity index (χ1v) is 23.9. The van der Waals surface area contributed by atoms with Crippen LogP contribution in [0.5, 0.6) is 11.5 Å². The largest absolute Gasteiger partial charge is 0.490 e. The summed E-state index contributed by atoms with van der Waals surface area (Å²) in [4.78, 5) is 69.0. The Bertz CT molecular complexity index is 2220. The molecule has 63 heavy (non-hydrogen) atoms. The van der Waals surface area contributed by atoms with Crippen LogP contribution in [-0.4, -0.2) is 119 Å². The number of aromatic nitrogens is 2. The van der Waals surface area contributed by atoms with Gasteiger partial charge in [0.1, 0.15) is 41.0 Å². The molecule has 9 atom stereocenters. The minimum Gasteiger partial charge on any atom is -0.490 e. The first-order chi connectivity index (χ1) is 29.9. The second-order valence-corrected chi connectivity index (χ2v) is 21.2. The highest BCUT2D eigenvalue weighted by Crippen LogP contribution is 2.58. The van der Waals surface area contributed by atoms with E-state index in [0.29, 0.717) is 83.3 Å². The summed E-state index contributed by atoms with van der Waals surface area (Å²) in [6.45, 7) is 14.2. The second-order valence-electron chi connectivity index (χ2n) is 20.0. The summed E-state index contributed by atoms with van der Waals surface area (Å²) in [5.74, 6) is -0.832. The molecule has 5 fully saturated rings. The third-order valence-electron chi connectivity index (χ3n) is 14.0. The zero-order valence-electron chi connectivity index (χ0n) is 37.5. The van der Waals surface area contributed by atoms with Crippen molar-refractivity contribution in [3.63, 3.8) is 0 Å². The van der Waals surface area contributed by atoms with Gasteiger partial charge in [-0.25, -0.2) is 9.97 Å². The number of carboxylic acid groups (broad SMARTS) is 1. The van der Waals surface area contributed by atoms with Gasteiger partial charge in [-0.2, -0.15) is 0 Å². The van der Waals surface area contributed by atoms with E-state index in [0.717, 1.165) is 24.5 Å².